The summed E-state index contributed by atoms with van der Waals surface area (Å²) in [4.78, 5) is 0. The van der Waals surface area contributed by atoms with Gasteiger partial charge in [-0.05, 0) is 20.8 Å². The molecule has 2 atom stereocenters. The third-order valence-electron chi connectivity index (χ3n) is 2.15. The predicted molar refractivity (Wildman–Crippen MR) is 60.3 cm³/mol. The molecule has 1 aliphatic heterocycles. The highest BCUT2D eigenvalue weighted by atomic mass is 32.2. The highest BCUT2D eigenvalue weighted by Crippen LogP contribution is 2.29. The molecule has 6 heteroatoms. The third-order valence-corrected chi connectivity index (χ3v) is 3.51. The van der Waals surface area contributed by atoms with E-state index in [-0.39, 0.29) is 19.4 Å². The van der Waals surface area contributed by atoms with Crippen molar-refractivity contribution in [1.82, 2.24) is 0 Å². The number of hydrogen-bond donors (Lipinski definition) is 0. The quantitative estimate of drug-likeness (QED) is 0.708. The minimum atomic E-state index is -2.70. The van der Waals surface area contributed by atoms with Crippen LogP contribution in [0.3, 0.4) is 0 Å². The Kier molecular flexibility index (Phi) is 4.17. The predicted octanol–water partition coefficient (Wildman–Crippen LogP) is 2.33. The molecule has 1 rings (SSSR count). The molecular weight excluding hydrogens is 236 g/mol. The second-order valence-electron chi connectivity index (χ2n) is 4.84. The van der Waals surface area contributed by atoms with Crippen LogP contribution in [0.15, 0.2) is 4.40 Å². The molecule has 1 aliphatic rings. The van der Waals surface area contributed by atoms with Crippen LogP contribution in [0.2, 0.25) is 0 Å². The molecule has 1 saturated heterocycles. The average molecular weight is 253 g/mol. The first kappa shape index (κ1) is 13.7. The summed E-state index contributed by atoms with van der Waals surface area (Å²) in [7, 11) is -1.42. The van der Waals surface area contributed by atoms with Gasteiger partial charge in [-0.3, -0.25) is 0 Å². The van der Waals surface area contributed by atoms with E-state index < -0.39 is 27.8 Å². The summed E-state index contributed by atoms with van der Waals surface area (Å²) in [5.41, 5.74) is 0. The van der Waals surface area contributed by atoms with Crippen LogP contribution in [0.4, 0.5) is 8.78 Å². The molecule has 0 aromatic carbocycles. The molecule has 0 aromatic rings. The van der Waals surface area contributed by atoms with Gasteiger partial charge in [-0.15, -0.1) is 0 Å². The highest BCUT2D eigenvalue weighted by Gasteiger charge is 2.36. The number of ether oxygens (including phenoxy) is 1. The second kappa shape index (κ2) is 4.87. The van der Waals surface area contributed by atoms with Gasteiger partial charge >= 0.3 is 0 Å². The molecule has 16 heavy (non-hydrogen) atoms. The minimum Gasteiger partial charge on any atom is -0.372 e. The van der Waals surface area contributed by atoms with Gasteiger partial charge in [0.2, 0.25) is 0 Å². The van der Waals surface area contributed by atoms with Crippen LogP contribution in [-0.2, 0) is 15.7 Å². The van der Waals surface area contributed by atoms with Crippen LogP contribution >= 0.6 is 0 Å². The van der Waals surface area contributed by atoms with Crippen LogP contribution < -0.4 is 0 Å². The topological polar surface area (TPSA) is 38.7 Å². The molecule has 0 amide bonds. The van der Waals surface area contributed by atoms with Crippen molar-refractivity contribution in [2.45, 2.75) is 50.4 Å². The largest absolute Gasteiger partial charge is 0.372 e. The van der Waals surface area contributed by atoms with Gasteiger partial charge in [0.15, 0.2) is 0 Å². The summed E-state index contributed by atoms with van der Waals surface area (Å²) in [6.45, 7) is 5.34. The first-order chi connectivity index (χ1) is 7.21. The van der Waals surface area contributed by atoms with Gasteiger partial charge in [-0.25, -0.2) is 13.0 Å². The summed E-state index contributed by atoms with van der Waals surface area (Å²) in [5, 5.41) is 0. The van der Waals surface area contributed by atoms with Crippen LogP contribution in [0.1, 0.15) is 33.6 Å². The van der Waals surface area contributed by atoms with E-state index in [1.54, 1.807) is 20.8 Å². The zero-order chi connectivity index (χ0) is 12.4. The van der Waals surface area contributed by atoms with Gasteiger partial charge in [0.25, 0.3) is 5.92 Å². The SMILES string of the molecule is CC(C)(C)S(=O)/N=C/C1CC(F)(F)CCO1. The summed E-state index contributed by atoms with van der Waals surface area (Å²) < 4.78 is 45.9. The van der Waals surface area contributed by atoms with Crippen molar-refractivity contribution in [3.8, 4) is 0 Å². The van der Waals surface area contributed by atoms with Gasteiger partial charge in [0, 0.05) is 19.1 Å². The second-order valence-corrected chi connectivity index (χ2v) is 6.77. The highest BCUT2D eigenvalue weighted by molar-refractivity contribution is 7.85. The molecule has 0 radical (unpaired) electrons. The lowest BCUT2D eigenvalue weighted by Gasteiger charge is -2.26. The molecule has 1 heterocycles. The fourth-order valence-corrected chi connectivity index (χ4v) is 1.75. The molecule has 1 fully saturated rings. The van der Waals surface area contributed by atoms with E-state index in [2.05, 4.69) is 4.40 Å². The molecule has 0 spiro atoms. The molecule has 0 bridgehead atoms. The average Bonchev–Trinajstić information content (AvgIpc) is 2.11. The zero-order valence-corrected chi connectivity index (χ0v) is 10.5. The minimum absolute atomic E-state index is 0.0197. The van der Waals surface area contributed by atoms with Gasteiger partial charge in [0.1, 0.15) is 11.0 Å². The molecule has 2 unspecified atom stereocenters. The lowest BCUT2D eigenvalue weighted by Crippen LogP contribution is -2.35. The summed E-state index contributed by atoms with van der Waals surface area (Å²) in [6.07, 6.45) is -0.110. The lowest BCUT2D eigenvalue weighted by molar-refractivity contribution is -0.107. The molecule has 0 aromatic heterocycles. The fourth-order valence-electron chi connectivity index (χ4n) is 1.19. The Morgan fingerprint density at radius 3 is 2.62 bits per heavy atom. The number of alkyl halides is 2. The summed E-state index contributed by atoms with van der Waals surface area (Å²) in [6, 6.07) is 0. The van der Waals surface area contributed by atoms with Crippen molar-refractivity contribution in [3.05, 3.63) is 0 Å². The van der Waals surface area contributed by atoms with Crippen molar-refractivity contribution >= 4 is 17.2 Å². The summed E-state index contributed by atoms with van der Waals surface area (Å²) >= 11 is 0. The first-order valence-electron chi connectivity index (χ1n) is 5.16. The molecular formula is C10H17F2NO2S. The van der Waals surface area contributed by atoms with Gasteiger partial charge in [-0.2, -0.15) is 4.40 Å². The maximum atomic E-state index is 13.0. The monoisotopic (exact) mass is 253 g/mol. The van der Waals surface area contributed by atoms with Crippen LogP contribution in [0, 0.1) is 0 Å². The van der Waals surface area contributed by atoms with Crippen molar-refractivity contribution in [2.24, 2.45) is 4.40 Å². The Hall–Kier alpha value is -0.360. The third kappa shape index (κ3) is 4.25. The van der Waals surface area contributed by atoms with Crippen LogP contribution in [-0.4, -0.2) is 33.8 Å². The van der Waals surface area contributed by atoms with Crippen molar-refractivity contribution < 1.29 is 17.7 Å². The van der Waals surface area contributed by atoms with Crippen molar-refractivity contribution in [2.75, 3.05) is 6.61 Å². The molecule has 0 saturated carbocycles. The van der Waals surface area contributed by atoms with Gasteiger partial charge < -0.3 is 4.74 Å². The van der Waals surface area contributed by atoms with E-state index in [1.807, 2.05) is 0 Å². The normalized spacial score (nSPS) is 28.2. The number of rotatable bonds is 2. The van der Waals surface area contributed by atoms with Crippen molar-refractivity contribution in [3.63, 3.8) is 0 Å². The number of hydrogen-bond acceptors (Lipinski definition) is 2. The zero-order valence-electron chi connectivity index (χ0n) is 9.70. The van der Waals surface area contributed by atoms with Gasteiger partial charge in [-0.1, -0.05) is 0 Å². The maximum Gasteiger partial charge on any atom is 0.253 e. The molecule has 0 N–H and O–H groups in total. The number of halogens is 2. The smallest absolute Gasteiger partial charge is 0.253 e. The van der Waals surface area contributed by atoms with Crippen LogP contribution in [0.5, 0.6) is 0 Å². The summed E-state index contributed by atoms with van der Waals surface area (Å²) in [5.74, 6) is -2.70. The fraction of sp³-hybridized carbons (Fsp3) is 0.900. The van der Waals surface area contributed by atoms with E-state index in [0.29, 0.717) is 0 Å². The van der Waals surface area contributed by atoms with E-state index in [9.17, 15) is 13.0 Å². The van der Waals surface area contributed by atoms with E-state index in [1.165, 1.54) is 6.21 Å². The van der Waals surface area contributed by atoms with Gasteiger partial charge in [0.05, 0.1) is 17.5 Å². The maximum absolute atomic E-state index is 13.0. The van der Waals surface area contributed by atoms with E-state index >= 15 is 0 Å². The molecule has 3 nitrogen and oxygen atoms in total. The van der Waals surface area contributed by atoms with Crippen molar-refractivity contribution in [1.29, 1.82) is 0 Å². The Labute approximate surface area is 96.9 Å². The number of nitrogens with zero attached hydrogens (tertiary/aromatic N) is 1. The Morgan fingerprint density at radius 2 is 2.12 bits per heavy atom. The van der Waals surface area contributed by atoms with Crippen LogP contribution in [0.25, 0.3) is 0 Å². The lowest BCUT2D eigenvalue weighted by atomic mass is 10.1. The first-order valence-corrected chi connectivity index (χ1v) is 6.27. The standard InChI is InChI=1S/C10H17F2NO2S/c1-9(2,3)16(14)13-7-8-6-10(11,12)4-5-15-8/h7-8H,4-6H2,1-3H3/b13-7+. The Balaban J connectivity index is 2.55. The molecule has 0 aliphatic carbocycles. The Morgan fingerprint density at radius 1 is 1.50 bits per heavy atom. The van der Waals surface area contributed by atoms with E-state index in [0.717, 1.165) is 0 Å². The molecule has 94 valence electrons. The Bertz CT molecular complexity index is 300. The van der Waals surface area contributed by atoms with E-state index in [4.69, 9.17) is 4.74 Å².